The van der Waals surface area contributed by atoms with Gasteiger partial charge in [0.25, 0.3) is 0 Å². The predicted octanol–water partition coefficient (Wildman–Crippen LogP) is 5.02. The fourth-order valence-corrected chi connectivity index (χ4v) is 2.56. The molecule has 2 aromatic rings. The lowest BCUT2D eigenvalue weighted by atomic mass is 9.97. The van der Waals surface area contributed by atoms with E-state index in [1.807, 2.05) is 38.1 Å². The molecule has 0 radical (unpaired) electrons. The summed E-state index contributed by atoms with van der Waals surface area (Å²) in [4.78, 5) is 0. The number of rotatable bonds is 5. The van der Waals surface area contributed by atoms with Crippen LogP contribution in [0.25, 0.3) is 0 Å². The van der Waals surface area contributed by atoms with E-state index in [1.165, 1.54) is 6.07 Å². The molecule has 2 rings (SSSR count). The summed E-state index contributed by atoms with van der Waals surface area (Å²) in [6.45, 7) is 4.80. The van der Waals surface area contributed by atoms with Gasteiger partial charge in [-0.2, -0.15) is 0 Å². The maximum atomic E-state index is 13.6. The third-order valence-corrected chi connectivity index (χ3v) is 3.65. The zero-order valence-corrected chi connectivity index (χ0v) is 12.8. The van der Waals surface area contributed by atoms with Gasteiger partial charge in [0.1, 0.15) is 0 Å². The standard InChI is InChI=1S/C17H18ClF2N/c1-3-7-21-17(12-6-4-5-11(2)8-12)13-9-15(19)16(20)10-14(13)18/h4-6,8-10,17,21H,3,7H2,1-2H3. The van der Waals surface area contributed by atoms with Crippen molar-refractivity contribution in [2.75, 3.05) is 6.54 Å². The van der Waals surface area contributed by atoms with E-state index in [4.69, 9.17) is 11.6 Å². The summed E-state index contributed by atoms with van der Waals surface area (Å²) in [6, 6.07) is 9.86. The first-order valence-corrected chi connectivity index (χ1v) is 7.35. The van der Waals surface area contributed by atoms with Crippen molar-refractivity contribution in [1.29, 1.82) is 0 Å². The highest BCUT2D eigenvalue weighted by Crippen LogP contribution is 2.30. The van der Waals surface area contributed by atoms with Crippen molar-refractivity contribution in [3.05, 3.63) is 69.7 Å². The Labute approximate surface area is 128 Å². The average molecular weight is 310 g/mol. The van der Waals surface area contributed by atoms with Crippen molar-refractivity contribution in [3.8, 4) is 0 Å². The summed E-state index contributed by atoms with van der Waals surface area (Å²) in [6.07, 6.45) is 0.934. The molecule has 0 aliphatic carbocycles. The summed E-state index contributed by atoms with van der Waals surface area (Å²) in [5.74, 6) is -1.81. The van der Waals surface area contributed by atoms with Gasteiger partial charge in [-0.05, 0) is 43.1 Å². The molecule has 0 bridgehead atoms. The molecule has 0 spiro atoms. The number of aryl methyl sites for hydroxylation is 1. The molecule has 0 saturated carbocycles. The van der Waals surface area contributed by atoms with Gasteiger partial charge >= 0.3 is 0 Å². The van der Waals surface area contributed by atoms with E-state index in [9.17, 15) is 8.78 Å². The Hall–Kier alpha value is -1.45. The van der Waals surface area contributed by atoms with Crippen LogP contribution in [0.5, 0.6) is 0 Å². The summed E-state index contributed by atoms with van der Waals surface area (Å²) in [5, 5.41) is 3.57. The first-order valence-electron chi connectivity index (χ1n) is 6.97. The monoisotopic (exact) mass is 309 g/mol. The Bertz CT molecular complexity index is 628. The van der Waals surface area contributed by atoms with E-state index >= 15 is 0 Å². The van der Waals surface area contributed by atoms with Crippen LogP contribution in [0, 0.1) is 18.6 Å². The Morgan fingerprint density at radius 2 is 1.86 bits per heavy atom. The van der Waals surface area contributed by atoms with Gasteiger partial charge in [-0.15, -0.1) is 0 Å². The van der Waals surface area contributed by atoms with E-state index < -0.39 is 11.6 Å². The lowest BCUT2D eigenvalue weighted by Gasteiger charge is -2.21. The quantitative estimate of drug-likeness (QED) is 0.765. The van der Waals surface area contributed by atoms with Crippen molar-refractivity contribution in [3.63, 3.8) is 0 Å². The fourth-order valence-electron chi connectivity index (χ4n) is 2.30. The zero-order chi connectivity index (χ0) is 15.4. The Morgan fingerprint density at radius 1 is 1.14 bits per heavy atom. The summed E-state index contributed by atoms with van der Waals surface area (Å²) < 4.78 is 26.8. The molecule has 0 amide bonds. The van der Waals surface area contributed by atoms with Crippen LogP contribution in [0.2, 0.25) is 5.02 Å². The zero-order valence-electron chi connectivity index (χ0n) is 12.1. The summed E-state index contributed by atoms with van der Waals surface area (Å²) in [7, 11) is 0. The van der Waals surface area contributed by atoms with E-state index in [-0.39, 0.29) is 11.1 Å². The smallest absolute Gasteiger partial charge is 0.160 e. The second-order valence-corrected chi connectivity index (χ2v) is 5.50. The lowest BCUT2D eigenvalue weighted by Crippen LogP contribution is -2.23. The highest BCUT2D eigenvalue weighted by Gasteiger charge is 2.19. The molecule has 2 aromatic carbocycles. The molecular formula is C17H18ClF2N. The molecule has 0 aliphatic rings. The number of benzene rings is 2. The van der Waals surface area contributed by atoms with E-state index in [0.717, 1.165) is 30.2 Å². The number of hydrogen-bond acceptors (Lipinski definition) is 1. The Morgan fingerprint density at radius 3 is 2.52 bits per heavy atom. The maximum Gasteiger partial charge on any atom is 0.160 e. The van der Waals surface area contributed by atoms with Gasteiger partial charge in [0.15, 0.2) is 11.6 Å². The number of halogens is 3. The van der Waals surface area contributed by atoms with Crippen molar-refractivity contribution in [1.82, 2.24) is 5.32 Å². The maximum absolute atomic E-state index is 13.6. The summed E-state index contributed by atoms with van der Waals surface area (Å²) >= 11 is 6.12. The van der Waals surface area contributed by atoms with Crippen molar-refractivity contribution >= 4 is 11.6 Å². The van der Waals surface area contributed by atoms with Gasteiger partial charge in [-0.1, -0.05) is 48.4 Å². The van der Waals surface area contributed by atoms with Crippen LogP contribution < -0.4 is 5.32 Å². The third kappa shape index (κ3) is 3.80. The molecule has 0 fully saturated rings. The minimum Gasteiger partial charge on any atom is -0.306 e. The fraction of sp³-hybridized carbons (Fsp3) is 0.294. The van der Waals surface area contributed by atoms with Crippen LogP contribution in [-0.2, 0) is 0 Å². The molecule has 0 aliphatic heterocycles. The highest BCUT2D eigenvalue weighted by atomic mass is 35.5. The molecule has 0 heterocycles. The van der Waals surface area contributed by atoms with E-state index in [1.54, 1.807) is 0 Å². The van der Waals surface area contributed by atoms with Gasteiger partial charge < -0.3 is 5.32 Å². The van der Waals surface area contributed by atoms with Gasteiger partial charge in [0.05, 0.1) is 6.04 Å². The molecular weight excluding hydrogens is 292 g/mol. The third-order valence-electron chi connectivity index (χ3n) is 3.32. The first-order chi connectivity index (χ1) is 10.0. The van der Waals surface area contributed by atoms with Crippen LogP contribution in [0.15, 0.2) is 36.4 Å². The van der Waals surface area contributed by atoms with Crippen LogP contribution in [-0.4, -0.2) is 6.54 Å². The summed E-state index contributed by atoms with van der Waals surface area (Å²) in [5.41, 5.74) is 2.64. The van der Waals surface area contributed by atoms with Crippen LogP contribution in [0.1, 0.15) is 36.1 Å². The van der Waals surface area contributed by atoms with Gasteiger partial charge in [0, 0.05) is 5.02 Å². The molecule has 1 unspecified atom stereocenters. The molecule has 21 heavy (non-hydrogen) atoms. The second-order valence-electron chi connectivity index (χ2n) is 5.09. The average Bonchev–Trinajstić information content (AvgIpc) is 2.44. The molecule has 112 valence electrons. The minimum absolute atomic E-state index is 0.226. The van der Waals surface area contributed by atoms with E-state index in [2.05, 4.69) is 5.32 Å². The number of hydrogen-bond donors (Lipinski definition) is 1. The lowest BCUT2D eigenvalue weighted by molar-refractivity contribution is 0.503. The Balaban J connectivity index is 2.47. The molecule has 4 heteroatoms. The van der Waals surface area contributed by atoms with Crippen LogP contribution in [0.4, 0.5) is 8.78 Å². The highest BCUT2D eigenvalue weighted by molar-refractivity contribution is 6.31. The van der Waals surface area contributed by atoms with Crippen LogP contribution in [0.3, 0.4) is 0 Å². The SMILES string of the molecule is CCCNC(c1cccc(C)c1)c1cc(F)c(F)cc1Cl. The molecule has 1 nitrogen and oxygen atoms in total. The van der Waals surface area contributed by atoms with Crippen molar-refractivity contribution in [2.45, 2.75) is 26.3 Å². The van der Waals surface area contributed by atoms with E-state index in [0.29, 0.717) is 5.56 Å². The van der Waals surface area contributed by atoms with Gasteiger partial charge in [-0.3, -0.25) is 0 Å². The molecule has 1 atom stereocenters. The Kier molecular flexibility index (Phi) is 5.32. The molecule has 1 N–H and O–H groups in total. The largest absolute Gasteiger partial charge is 0.306 e. The normalized spacial score (nSPS) is 12.4. The number of nitrogens with one attached hydrogen (secondary N) is 1. The topological polar surface area (TPSA) is 12.0 Å². The van der Waals surface area contributed by atoms with Gasteiger partial charge in [0.2, 0.25) is 0 Å². The second kappa shape index (κ2) is 7.01. The molecule has 0 saturated heterocycles. The van der Waals surface area contributed by atoms with Gasteiger partial charge in [-0.25, -0.2) is 8.78 Å². The minimum atomic E-state index is -0.928. The first kappa shape index (κ1) is 15.9. The van der Waals surface area contributed by atoms with Crippen LogP contribution >= 0.6 is 11.6 Å². The molecule has 0 aromatic heterocycles. The van der Waals surface area contributed by atoms with Crippen molar-refractivity contribution in [2.24, 2.45) is 0 Å². The van der Waals surface area contributed by atoms with Crippen molar-refractivity contribution < 1.29 is 8.78 Å². The predicted molar refractivity (Wildman–Crippen MR) is 82.7 cm³/mol.